The second kappa shape index (κ2) is 5.83. The van der Waals surface area contributed by atoms with Crippen molar-refractivity contribution in [2.45, 2.75) is 70.3 Å². The molecule has 1 aromatic heterocycles. The Kier molecular flexibility index (Phi) is 4.38. The highest BCUT2D eigenvalue weighted by atomic mass is 16.5. The van der Waals surface area contributed by atoms with Gasteiger partial charge in [0.15, 0.2) is 5.82 Å². The lowest BCUT2D eigenvalue weighted by molar-refractivity contribution is 0.221. The molecule has 1 aliphatic carbocycles. The van der Waals surface area contributed by atoms with Gasteiger partial charge in [-0.1, -0.05) is 38.3 Å². The maximum atomic E-state index is 5.42. The minimum atomic E-state index is 0.178. The Morgan fingerprint density at radius 3 is 2.67 bits per heavy atom. The molecule has 0 aromatic carbocycles. The topological polar surface area (TPSA) is 51.0 Å². The maximum Gasteiger partial charge on any atom is 0.228 e. The third kappa shape index (κ3) is 2.91. The van der Waals surface area contributed by atoms with Crippen molar-refractivity contribution in [3.8, 4) is 0 Å². The van der Waals surface area contributed by atoms with Gasteiger partial charge in [-0.25, -0.2) is 0 Å². The van der Waals surface area contributed by atoms with Crippen molar-refractivity contribution in [1.82, 2.24) is 15.5 Å². The number of hydrogen-bond acceptors (Lipinski definition) is 4. The minimum absolute atomic E-state index is 0.178. The fourth-order valence-corrected chi connectivity index (χ4v) is 2.76. The smallest absolute Gasteiger partial charge is 0.228 e. The molecular weight excluding hydrogens is 226 g/mol. The molecule has 0 spiro atoms. The summed E-state index contributed by atoms with van der Waals surface area (Å²) in [6.45, 7) is 4.29. The lowest BCUT2D eigenvalue weighted by Crippen LogP contribution is -2.46. The number of nitrogens with one attached hydrogen (secondary N) is 1. The number of aromatic nitrogens is 2. The van der Waals surface area contributed by atoms with Gasteiger partial charge >= 0.3 is 0 Å². The van der Waals surface area contributed by atoms with Crippen LogP contribution in [0.5, 0.6) is 0 Å². The van der Waals surface area contributed by atoms with E-state index in [1.54, 1.807) is 0 Å². The highest BCUT2D eigenvalue weighted by Crippen LogP contribution is 2.31. The van der Waals surface area contributed by atoms with Crippen molar-refractivity contribution in [2.75, 3.05) is 7.05 Å². The van der Waals surface area contributed by atoms with E-state index in [1.807, 2.05) is 0 Å². The van der Waals surface area contributed by atoms with Gasteiger partial charge in [0.05, 0.1) is 0 Å². The van der Waals surface area contributed by atoms with Crippen LogP contribution < -0.4 is 5.32 Å². The molecule has 2 rings (SSSR count). The average molecular weight is 251 g/mol. The van der Waals surface area contributed by atoms with Crippen LogP contribution in [0, 0.1) is 0 Å². The van der Waals surface area contributed by atoms with E-state index in [4.69, 9.17) is 4.52 Å². The number of nitrogens with zero attached hydrogens (tertiary/aromatic N) is 2. The lowest BCUT2D eigenvalue weighted by atomic mass is 9.79. The van der Waals surface area contributed by atoms with Crippen LogP contribution in [0.3, 0.4) is 0 Å². The number of hydrogen-bond donors (Lipinski definition) is 1. The van der Waals surface area contributed by atoms with Crippen LogP contribution in [0.2, 0.25) is 0 Å². The predicted molar refractivity (Wildman–Crippen MR) is 71.6 cm³/mol. The van der Waals surface area contributed by atoms with E-state index in [1.165, 1.54) is 32.1 Å². The van der Waals surface area contributed by atoms with Crippen LogP contribution in [0.1, 0.15) is 70.0 Å². The molecule has 4 nitrogen and oxygen atoms in total. The van der Waals surface area contributed by atoms with Crippen LogP contribution in [-0.4, -0.2) is 22.7 Å². The van der Waals surface area contributed by atoms with Crippen LogP contribution in [0.15, 0.2) is 4.52 Å². The Bertz CT molecular complexity index is 369. The van der Waals surface area contributed by atoms with Crippen molar-refractivity contribution < 1.29 is 4.52 Å². The van der Waals surface area contributed by atoms with E-state index in [9.17, 15) is 0 Å². The molecule has 0 aliphatic heterocycles. The molecule has 1 saturated carbocycles. The molecule has 1 heterocycles. The molecule has 0 bridgehead atoms. The molecule has 0 amide bonds. The Morgan fingerprint density at radius 1 is 1.33 bits per heavy atom. The summed E-state index contributed by atoms with van der Waals surface area (Å²) >= 11 is 0. The van der Waals surface area contributed by atoms with Gasteiger partial charge in [0.25, 0.3) is 0 Å². The van der Waals surface area contributed by atoms with Gasteiger partial charge in [0.2, 0.25) is 5.89 Å². The van der Waals surface area contributed by atoms with E-state index in [2.05, 4.69) is 36.4 Å². The summed E-state index contributed by atoms with van der Waals surface area (Å²) in [5, 5.41) is 7.59. The molecule has 1 aromatic rings. The van der Waals surface area contributed by atoms with Crippen LogP contribution in [-0.2, 0) is 6.42 Å². The molecule has 18 heavy (non-hydrogen) atoms. The Balaban J connectivity index is 2.05. The fraction of sp³-hybridized carbons (Fsp3) is 0.857. The fourth-order valence-electron chi connectivity index (χ4n) is 2.76. The van der Waals surface area contributed by atoms with Crippen molar-refractivity contribution in [3.05, 3.63) is 11.7 Å². The molecule has 0 radical (unpaired) electrons. The third-order valence-electron chi connectivity index (χ3n) is 4.37. The van der Waals surface area contributed by atoms with E-state index >= 15 is 0 Å². The summed E-state index contributed by atoms with van der Waals surface area (Å²) in [4.78, 5) is 4.55. The Morgan fingerprint density at radius 2 is 2.06 bits per heavy atom. The standard InChI is InChI=1S/C14H25N3O/c1-4-11(2)13-16-12(18-17-13)10-14(15-3)8-6-5-7-9-14/h11,15H,4-10H2,1-3H3. The quantitative estimate of drug-likeness (QED) is 0.874. The second-order valence-electron chi connectivity index (χ2n) is 5.62. The first kappa shape index (κ1) is 13.5. The highest BCUT2D eigenvalue weighted by molar-refractivity contribution is 5.00. The zero-order valence-electron chi connectivity index (χ0n) is 11.8. The van der Waals surface area contributed by atoms with Crippen LogP contribution in [0.4, 0.5) is 0 Å². The number of rotatable bonds is 5. The largest absolute Gasteiger partial charge is 0.339 e. The van der Waals surface area contributed by atoms with E-state index in [0.29, 0.717) is 5.92 Å². The van der Waals surface area contributed by atoms with E-state index in [0.717, 1.165) is 24.6 Å². The molecule has 1 fully saturated rings. The first-order valence-corrected chi connectivity index (χ1v) is 7.20. The monoisotopic (exact) mass is 251 g/mol. The minimum Gasteiger partial charge on any atom is -0.339 e. The molecule has 102 valence electrons. The van der Waals surface area contributed by atoms with Gasteiger partial charge in [0.1, 0.15) is 0 Å². The van der Waals surface area contributed by atoms with Crippen molar-refractivity contribution in [3.63, 3.8) is 0 Å². The first-order chi connectivity index (χ1) is 8.69. The normalized spacial score (nSPS) is 20.8. The van der Waals surface area contributed by atoms with Gasteiger partial charge in [-0.2, -0.15) is 4.98 Å². The van der Waals surface area contributed by atoms with Crippen molar-refractivity contribution >= 4 is 0 Å². The molecule has 0 saturated heterocycles. The van der Waals surface area contributed by atoms with E-state index in [-0.39, 0.29) is 5.54 Å². The van der Waals surface area contributed by atoms with Gasteiger partial charge in [-0.15, -0.1) is 0 Å². The molecule has 1 unspecified atom stereocenters. The summed E-state index contributed by atoms with van der Waals surface area (Å²) in [5.74, 6) is 2.04. The van der Waals surface area contributed by atoms with Crippen molar-refractivity contribution in [1.29, 1.82) is 0 Å². The molecule has 1 aliphatic rings. The van der Waals surface area contributed by atoms with Gasteiger partial charge < -0.3 is 9.84 Å². The van der Waals surface area contributed by atoms with Crippen molar-refractivity contribution in [2.24, 2.45) is 0 Å². The zero-order chi connectivity index (χ0) is 13.0. The predicted octanol–water partition coefficient (Wildman–Crippen LogP) is 3.05. The molecule has 4 heteroatoms. The van der Waals surface area contributed by atoms with E-state index < -0.39 is 0 Å². The van der Waals surface area contributed by atoms with Crippen LogP contribution in [0.25, 0.3) is 0 Å². The van der Waals surface area contributed by atoms with Crippen LogP contribution >= 0.6 is 0 Å². The number of likely N-dealkylation sites (N-methyl/N-ethyl adjacent to an activating group) is 1. The summed E-state index contributed by atoms with van der Waals surface area (Å²) in [6.07, 6.45) is 8.30. The average Bonchev–Trinajstić information content (AvgIpc) is 2.87. The summed E-state index contributed by atoms with van der Waals surface area (Å²) in [7, 11) is 2.05. The highest BCUT2D eigenvalue weighted by Gasteiger charge is 2.32. The van der Waals surface area contributed by atoms with Gasteiger partial charge in [-0.05, 0) is 26.3 Å². The molecular formula is C14H25N3O. The first-order valence-electron chi connectivity index (χ1n) is 7.20. The second-order valence-corrected chi connectivity index (χ2v) is 5.62. The maximum absolute atomic E-state index is 5.42. The SMILES string of the molecule is CCC(C)c1noc(CC2(NC)CCCCC2)n1. The Hall–Kier alpha value is -0.900. The van der Waals surface area contributed by atoms with Gasteiger partial charge in [-0.3, -0.25) is 0 Å². The van der Waals surface area contributed by atoms with Gasteiger partial charge in [0, 0.05) is 17.9 Å². The summed E-state index contributed by atoms with van der Waals surface area (Å²) < 4.78 is 5.42. The molecule has 1 N–H and O–H groups in total. The summed E-state index contributed by atoms with van der Waals surface area (Å²) in [5.41, 5.74) is 0.178. The summed E-state index contributed by atoms with van der Waals surface area (Å²) in [6, 6.07) is 0. The lowest BCUT2D eigenvalue weighted by Gasteiger charge is -2.36. The molecule has 1 atom stereocenters. The Labute approximate surface area is 110 Å². The third-order valence-corrected chi connectivity index (χ3v) is 4.37. The zero-order valence-corrected chi connectivity index (χ0v) is 11.8.